The number of benzene rings is 1. The Hall–Kier alpha value is -2.85. The summed E-state index contributed by atoms with van der Waals surface area (Å²) in [6.45, 7) is 2.66. The minimum absolute atomic E-state index is 0.0627. The second-order valence-corrected chi connectivity index (χ2v) is 8.79. The predicted molar refractivity (Wildman–Crippen MR) is 116 cm³/mol. The molecule has 0 bridgehead atoms. The number of anilines is 1. The molecule has 1 aliphatic rings. The van der Waals surface area contributed by atoms with Crippen LogP contribution in [0.4, 0.5) is 10.3 Å². The van der Waals surface area contributed by atoms with Crippen LogP contribution >= 0.6 is 23.1 Å². The lowest BCUT2D eigenvalue weighted by molar-refractivity contribution is -0.128. The molecule has 0 spiro atoms. The second kappa shape index (κ2) is 8.11. The van der Waals surface area contributed by atoms with Crippen LogP contribution in [0.25, 0.3) is 20.3 Å². The van der Waals surface area contributed by atoms with Crippen LogP contribution in [0.15, 0.2) is 48.0 Å². The van der Waals surface area contributed by atoms with Crippen molar-refractivity contribution in [2.45, 2.75) is 5.03 Å². The van der Waals surface area contributed by atoms with E-state index in [4.69, 9.17) is 0 Å². The molecule has 1 amide bonds. The lowest BCUT2D eigenvalue weighted by atomic mass is 10.2. The molecule has 1 aliphatic heterocycles. The number of hydrogen-bond acceptors (Lipinski definition) is 8. The summed E-state index contributed by atoms with van der Waals surface area (Å²) in [5.41, 5.74) is 0.606. The molecule has 1 aromatic carbocycles. The molecule has 0 N–H and O–H groups in total. The fourth-order valence-electron chi connectivity index (χ4n) is 3.49. The van der Waals surface area contributed by atoms with E-state index in [0.717, 1.165) is 9.40 Å². The van der Waals surface area contributed by atoms with Crippen molar-refractivity contribution < 1.29 is 9.18 Å². The number of amides is 1. The van der Waals surface area contributed by atoms with Crippen LogP contribution in [0.3, 0.4) is 0 Å². The lowest BCUT2D eigenvalue weighted by Crippen LogP contribution is -2.49. The van der Waals surface area contributed by atoms with Gasteiger partial charge in [-0.2, -0.15) is 0 Å². The van der Waals surface area contributed by atoms with Crippen molar-refractivity contribution in [3.8, 4) is 0 Å². The van der Waals surface area contributed by atoms with Crippen LogP contribution in [0.1, 0.15) is 0 Å². The van der Waals surface area contributed by atoms with E-state index in [-0.39, 0.29) is 17.5 Å². The van der Waals surface area contributed by atoms with E-state index in [0.29, 0.717) is 48.1 Å². The zero-order valence-electron chi connectivity index (χ0n) is 15.9. The van der Waals surface area contributed by atoms with E-state index in [1.54, 1.807) is 24.5 Å². The average Bonchev–Trinajstić information content (AvgIpc) is 3.19. The normalized spacial score (nSPS) is 14.6. The quantitative estimate of drug-likeness (QED) is 0.356. The maximum absolute atomic E-state index is 14.3. The first-order chi connectivity index (χ1) is 14.7. The van der Waals surface area contributed by atoms with Crippen LogP contribution in [0, 0.1) is 5.82 Å². The van der Waals surface area contributed by atoms with Gasteiger partial charge in [0, 0.05) is 43.3 Å². The molecule has 0 saturated carbocycles. The number of thioether (sulfide) groups is 1. The number of nitrogens with zero attached hydrogens (tertiary/aromatic N) is 6. The maximum atomic E-state index is 14.3. The molecule has 4 heterocycles. The molecule has 4 aromatic rings. The highest BCUT2D eigenvalue weighted by Crippen LogP contribution is 2.38. The van der Waals surface area contributed by atoms with E-state index in [9.17, 15) is 9.18 Å². The molecule has 152 valence electrons. The summed E-state index contributed by atoms with van der Waals surface area (Å²) in [6.07, 6.45) is 4.88. The standard InChI is InChI=1S/C20H17FN6OS2/c21-13-3-1-4-14-16(13)17-18(30-14)19(25-12-24-17)29-11-15(28)26-7-9-27(10-8-26)20-22-5-2-6-23-20/h1-6,12H,7-11H2. The first-order valence-corrected chi connectivity index (χ1v) is 11.2. The van der Waals surface area contributed by atoms with Crippen molar-refractivity contribution in [2.75, 3.05) is 36.8 Å². The Morgan fingerprint density at radius 2 is 1.87 bits per heavy atom. The van der Waals surface area contributed by atoms with Gasteiger partial charge in [0.15, 0.2) is 0 Å². The number of piperazine rings is 1. The third-order valence-corrected chi connectivity index (χ3v) is 7.25. The minimum Gasteiger partial charge on any atom is -0.338 e. The van der Waals surface area contributed by atoms with Crippen molar-refractivity contribution >= 4 is 55.3 Å². The molecule has 1 saturated heterocycles. The summed E-state index contributed by atoms with van der Waals surface area (Å²) >= 11 is 2.83. The maximum Gasteiger partial charge on any atom is 0.233 e. The summed E-state index contributed by atoms with van der Waals surface area (Å²) in [4.78, 5) is 33.8. The number of rotatable bonds is 4. The van der Waals surface area contributed by atoms with E-state index in [1.807, 2.05) is 11.0 Å². The first-order valence-electron chi connectivity index (χ1n) is 9.45. The number of aromatic nitrogens is 4. The third kappa shape index (κ3) is 3.56. The Bertz CT molecular complexity index is 1210. The molecule has 0 radical (unpaired) electrons. The molecule has 0 aliphatic carbocycles. The average molecular weight is 441 g/mol. The molecule has 7 nitrogen and oxygen atoms in total. The van der Waals surface area contributed by atoms with E-state index in [2.05, 4.69) is 24.8 Å². The third-order valence-electron chi connectivity index (χ3n) is 5.00. The van der Waals surface area contributed by atoms with E-state index >= 15 is 0 Å². The molecule has 3 aromatic heterocycles. The Labute approximate surface area is 180 Å². The Morgan fingerprint density at radius 1 is 1.07 bits per heavy atom. The molecular weight excluding hydrogens is 423 g/mol. The molecule has 5 rings (SSSR count). The fourth-order valence-corrected chi connectivity index (χ4v) is 5.64. The largest absolute Gasteiger partial charge is 0.338 e. The van der Waals surface area contributed by atoms with Gasteiger partial charge < -0.3 is 9.80 Å². The topological polar surface area (TPSA) is 75.1 Å². The van der Waals surface area contributed by atoms with Crippen LogP contribution in [-0.4, -0.2) is 62.7 Å². The van der Waals surface area contributed by atoms with Crippen molar-refractivity contribution in [2.24, 2.45) is 0 Å². The highest BCUT2D eigenvalue weighted by atomic mass is 32.2. The van der Waals surface area contributed by atoms with E-state index in [1.165, 1.54) is 35.5 Å². The number of carbonyl (C=O) groups is 1. The molecule has 10 heteroatoms. The van der Waals surface area contributed by atoms with Crippen molar-refractivity contribution in [3.05, 3.63) is 48.8 Å². The second-order valence-electron chi connectivity index (χ2n) is 6.78. The van der Waals surface area contributed by atoms with Gasteiger partial charge in [-0.3, -0.25) is 4.79 Å². The Kier molecular flexibility index (Phi) is 5.17. The van der Waals surface area contributed by atoms with E-state index < -0.39 is 0 Å². The Morgan fingerprint density at radius 3 is 2.67 bits per heavy atom. The summed E-state index contributed by atoms with van der Waals surface area (Å²) in [5, 5.41) is 1.23. The summed E-state index contributed by atoms with van der Waals surface area (Å²) in [5.74, 6) is 0.752. The monoisotopic (exact) mass is 440 g/mol. The van der Waals surface area contributed by atoms with Crippen molar-refractivity contribution in [3.63, 3.8) is 0 Å². The summed E-state index contributed by atoms with van der Waals surface area (Å²) < 4.78 is 15.9. The molecule has 1 fully saturated rings. The van der Waals surface area contributed by atoms with Gasteiger partial charge in [0.25, 0.3) is 0 Å². The van der Waals surface area contributed by atoms with Crippen LogP contribution in [0.5, 0.6) is 0 Å². The lowest BCUT2D eigenvalue weighted by Gasteiger charge is -2.34. The van der Waals surface area contributed by atoms with Gasteiger partial charge in [0.1, 0.15) is 17.2 Å². The number of fused-ring (bicyclic) bond motifs is 3. The van der Waals surface area contributed by atoms with Gasteiger partial charge >= 0.3 is 0 Å². The van der Waals surface area contributed by atoms with Gasteiger partial charge in [-0.15, -0.1) is 11.3 Å². The van der Waals surface area contributed by atoms with Gasteiger partial charge in [0.05, 0.1) is 21.4 Å². The van der Waals surface area contributed by atoms with Crippen molar-refractivity contribution in [1.82, 2.24) is 24.8 Å². The highest BCUT2D eigenvalue weighted by Gasteiger charge is 2.23. The van der Waals surface area contributed by atoms with Gasteiger partial charge in [-0.05, 0) is 18.2 Å². The zero-order chi connectivity index (χ0) is 20.5. The molecular formula is C20H17FN6OS2. The number of carbonyl (C=O) groups excluding carboxylic acids is 1. The number of halogens is 1. The fraction of sp³-hybridized carbons (Fsp3) is 0.250. The SMILES string of the molecule is O=C(CSc1ncnc2c1sc1cccc(F)c12)N1CCN(c2ncccn2)CC1. The van der Waals surface area contributed by atoms with Gasteiger partial charge in [0.2, 0.25) is 11.9 Å². The first kappa shape index (κ1) is 19.1. The van der Waals surface area contributed by atoms with Crippen LogP contribution < -0.4 is 4.90 Å². The number of hydrogen-bond donors (Lipinski definition) is 0. The Balaban J connectivity index is 1.26. The minimum atomic E-state index is -0.287. The van der Waals surface area contributed by atoms with Crippen LogP contribution in [0.2, 0.25) is 0 Å². The van der Waals surface area contributed by atoms with Gasteiger partial charge in [-0.1, -0.05) is 17.8 Å². The number of thiophene rings is 1. The van der Waals surface area contributed by atoms with Gasteiger partial charge in [-0.25, -0.2) is 24.3 Å². The molecule has 0 unspecified atom stereocenters. The predicted octanol–water partition coefficient (Wildman–Crippen LogP) is 3.21. The van der Waals surface area contributed by atoms with Crippen molar-refractivity contribution in [1.29, 1.82) is 0 Å². The summed E-state index contributed by atoms with van der Waals surface area (Å²) in [7, 11) is 0. The summed E-state index contributed by atoms with van der Waals surface area (Å²) in [6, 6.07) is 6.79. The molecule has 30 heavy (non-hydrogen) atoms. The zero-order valence-corrected chi connectivity index (χ0v) is 17.5. The smallest absolute Gasteiger partial charge is 0.233 e. The highest BCUT2D eigenvalue weighted by molar-refractivity contribution is 8.00. The van der Waals surface area contributed by atoms with Crippen LogP contribution in [-0.2, 0) is 4.79 Å². The molecule has 0 atom stereocenters.